The molecule has 4 heterocycles. The molecule has 0 fully saturated rings. The largest absolute Gasteiger partial charge is 0.302 e. The van der Waals surface area contributed by atoms with E-state index in [9.17, 15) is 0 Å². The van der Waals surface area contributed by atoms with Gasteiger partial charge in [0, 0.05) is 41.5 Å². The second-order valence-electron chi connectivity index (χ2n) is 9.90. The molecule has 0 aliphatic heterocycles. The van der Waals surface area contributed by atoms with E-state index in [-0.39, 0.29) is 0 Å². The van der Waals surface area contributed by atoms with Crippen molar-refractivity contribution >= 4 is 96.9 Å². The summed E-state index contributed by atoms with van der Waals surface area (Å²) in [7, 11) is 0. The van der Waals surface area contributed by atoms with Crippen molar-refractivity contribution in [3.63, 3.8) is 0 Å². The van der Waals surface area contributed by atoms with E-state index >= 15 is 0 Å². The van der Waals surface area contributed by atoms with Crippen LogP contribution in [0.3, 0.4) is 0 Å². The first-order valence-electron chi connectivity index (χ1n) is 13.7. The van der Waals surface area contributed by atoms with Gasteiger partial charge in [0.15, 0.2) is 0 Å². The second kappa shape index (κ2) is 10.9. The molecule has 0 aliphatic carbocycles. The Morgan fingerprint density at radius 1 is 0.357 bits per heavy atom. The van der Waals surface area contributed by atoms with Crippen LogP contribution in [0.15, 0.2) is 144 Å². The number of rotatable bonds is 7. The lowest BCUT2D eigenvalue weighted by Crippen LogP contribution is -2.08. The lowest BCUT2D eigenvalue weighted by Gasteiger charge is -2.24. The van der Waals surface area contributed by atoms with Gasteiger partial charge in [-0.15, -0.1) is 45.3 Å². The molecule has 8 rings (SSSR count). The summed E-state index contributed by atoms with van der Waals surface area (Å²) in [6, 6.07) is 48.2. The smallest absolute Gasteiger partial charge is 0.102 e. The first kappa shape index (κ1) is 25.5. The SMILES string of the molecule is c1ccc(N(c2ccc(-c3ccc(N(c4ccccc4)c4cc5sccc5s4)cc3)cc2)c2cc3sccc3s2)cc1. The van der Waals surface area contributed by atoms with Gasteiger partial charge in [-0.3, -0.25) is 0 Å². The maximum absolute atomic E-state index is 2.36. The van der Waals surface area contributed by atoms with Gasteiger partial charge >= 0.3 is 0 Å². The zero-order chi connectivity index (χ0) is 27.9. The molecule has 0 radical (unpaired) electrons. The minimum atomic E-state index is 1.16. The Balaban J connectivity index is 1.12. The van der Waals surface area contributed by atoms with Crippen LogP contribution in [0.4, 0.5) is 32.8 Å². The van der Waals surface area contributed by atoms with Crippen molar-refractivity contribution in [2.45, 2.75) is 0 Å². The number of hydrogen-bond acceptors (Lipinski definition) is 6. The second-order valence-corrected chi connectivity index (χ2v) is 13.9. The highest BCUT2D eigenvalue weighted by atomic mass is 32.1. The monoisotopic (exact) mass is 612 g/mol. The van der Waals surface area contributed by atoms with E-state index in [0.717, 1.165) is 22.7 Å². The lowest BCUT2D eigenvalue weighted by molar-refractivity contribution is 1.31. The average Bonchev–Trinajstić information content (AvgIpc) is 3.82. The first-order chi connectivity index (χ1) is 20.8. The normalized spacial score (nSPS) is 11.3. The van der Waals surface area contributed by atoms with Crippen LogP contribution in [-0.4, -0.2) is 0 Å². The summed E-state index contributed by atoms with van der Waals surface area (Å²) in [6.07, 6.45) is 0. The van der Waals surface area contributed by atoms with Crippen molar-refractivity contribution < 1.29 is 0 Å². The quantitative estimate of drug-likeness (QED) is 0.177. The highest BCUT2D eigenvalue weighted by Crippen LogP contribution is 2.45. The van der Waals surface area contributed by atoms with Crippen LogP contribution in [0.25, 0.3) is 29.9 Å². The summed E-state index contributed by atoms with van der Waals surface area (Å²) in [5.41, 5.74) is 7.05. The Hall–Kier alpha value is -4.20. The third kappa shape index (κ3) is 4.72. The summed E-state index contributed by atoms with van der Waals surface area (Å²) in [6.45, 7) is 0. The highest BCUT2D eigenvalue weighted by molar-refractivity contribution is 7.29. The van der Waals surface area contributed by atoms with Crippen LogP contribution in [0, 0.1) is 0 Å². The predicted octanol–water partition coefficient (Wildman–Crippen LogP) is 12.8. The number of para-hydroxylation sites is 2. The molecule has 0 amide bonds. The Kier molecular flexibility index (Phi) is 6.62. The molecule has 202 valence electrons. The van der Waals surface area contributed by atoms with Crippen LogP contribution >= 0.6 is 45.3 Å². The van der Waals surface area contributed by atoms with Crippen LogP contribution in [0.1, 0.15) is 0 Å². The Labute approximate surface area is 260 Å². The molecular formula is C36H24N2S4. The molecule has 42 heavy (non-hydrogen) atoms. The first-order valence-corrected chi connectivity index (χ1v) is 17.0. The van der Waals surface area contributed by atoms with Gasteiger partial charge < -0.3 is 9.80 Å². The van der Waals surface area contributed by atoms with E-state index < -0.39 is 0 Å². The van der Waals surface area contributed by atoms with Gasteiger partial charge in [-0.2, -0.15) is 0 Å². The molecular weight excluding hydrogens is 589 g/mol. The summed E-state index contributed by atoms with van der Waals surface area (Å²) in [5.74, 6) is 0. The van der Waals surface area contributed by atoms with Gasteiger partial charge in [-0.25, -0.2) is 0 Å². The average molecular weight is 613 g/mol. The van der Waals surface area contributed by atoms with E-state index in [1.807, 2.05) is 22.7 Å². The van der Waals surface area contributed by atoms with Crippen molar-refractivity contribution in [3.8, 4) is 11.1 Å². The fraction of sp³-hybridized carbons (Fsp3) is 0. The molecule has 6 heteroatoms. The molecule has 2 nitrogen and oxygen atoms in total. The third-order valence-corrected chi connectivity index (χ3v) is 11.5. The van der Waals surface area contributed by atoms with Crippen LogP contribution < -0.4 is 9.80 Å². The van der Waals surface area contributed by atoms with E-state index in [1.165, 1.54) is 39.9 Å². The van der Waals surface area contributed by atoms with Gasteiger partial charge in [-0.05, 0) is 94.7 Å². The zero-order valence-electron chi connectivity index (χ0n) is 22.4. The van der Waals surface area contributed by atoms with Crippen molar-refractivity contribution in [1.82, 2.24) is 0 Å². The lowest BCUT2D eigenvalue weighted by atomic mass is 10.0. The summed E-state index contributed by atoms with van der Waals surface area (Å²) >= 11 is 7.27. The molecule has 8 aromatic rings. The molecule has 0 atom stereocenters. The number of anilines is 6. The third-order valence-electron chi connectivity index (χ3n) is 7.31. The molecule has 0 spiro atoms. The minimum Gasteiger partial charge on any atom is -0.302 e. The van der Waals surface area contributed by atoms with Crippen molar-refractivity contribution in [2.24, 2.45) is 0 Å². The number of nitrogens with zero attached hydrogens (tertiary/aromatic N) is 2. The molecule has 0 saturated heterocycles. The summed E-state index contributed by atoms with van der Waals surface area (Å²) < 4.78 is 5.33. The van der Waals surface area contributed by atoms with Gasteiger partial charge in [-0.1, -0.05) is 60.7 Å². The number of benzene rings is 4. The van der Waals surface area contributed by atoms with E-state index in [1.54, 1.807) is 22.7 Å². The van der Waals surface area contributed by atoms with Crippen molar-refractivity contribution in [1.29, 1.82) is 0 Å². The van der Waals surface area contributed by atoms with Gasteiger partial charge in [0.05, 0.1) is 0 Å². The molecule has 4 aromatic carbocycles. The molecule has 0 bridgehead atoms. The summed E-state index contributed by atoms with van der Waals surface area (Å²) in [5, 5.41) is 6.80. The predicted molar refractivity (Wildman–Crippen MR) is 188 cm³/mol. The zero-order valence-corrected chi connectivity index (χ0v) is 25.6. The van der Waals surface area contributed by atoms with E-state index in [4.69, 9.17) is 0 Å². The topological polar surface area (TPSA) is 6.48 Å². The Morgan fingerprint density at radius 3 is 1.12 bits per heavy atom. The summed E-state index contributed by atoms with van der Waals surface area (Å²) in [4.78, 5) is 4.71. The van der Waals surface area contributed by atoms with Crippen LogP contribution in [-0.2, 0) is 0 Å². The number of thiophene rings is 4. The molecule has 0 N–H and O–H groups in total. The fourth-order valence-electron chi connectivity index (χ4n) is 5.29. The number of fused-ring (bicyclic) bond motifs is 2. The van der Waals surface area contributed by atoms with Gasteiger partial charge in [0.1, 0.15) is 10.0 Å². The van der Waals surface area contributed by atoms with Crippen molar-refractivity contribution in [2.75, 3.05) is 9.80 Å². The standard InChI is InChI=1S/C36H24N2S4/c1-3-7-27(8-4-1)37(35-23-33-31(41-35)19-21-39-33)29-15-11-25(12-16-29)26-13-17-30(18-14-26)38(28-9-5-2-6-10-28)36-24-34-32(42-36)20-22-40-34/h1-24H. The van der Waals surface area contributed by atoms with Crippen LogP contribution in [0.5, 0.6) is 0 Å². The van der Waals surface area contributed by atoms with Crippen LogP contribution in [0.2, 0.25) is 0 Å². The van der Waals surface area contributed by atoms with Crippen molar-refractivity contribution in [3.05, 3.63) is 144 Å². The fourth-order valence-corrected chi connectivity index (χ4v) is 9.58. The van der Waals surface area contributed by atoms with Gasteiger partial charge in [0.2, 0.25) is 0 Å². The Bertz CT molecular complexity index is 1870. The molecule has 4 aromatic heterocycles. The molecule has 0 saturated carbocycles. The maximum atomic E-state index is 2.36. The van der Waals surface area contributed by atoms with E-state index in [0.29, 0.717) is 0 Å². The highest BCUT2D eigenvalue weighted by Gasteiger charge is 2.17. The maximum Gasteiger partial charge on any atom is 0.102 e. The Morgan fingerprint density at radius 2 is 0.738 bits per heavy atom. The minimum absolute atomic E-state index is 1.16. The van der Waals surface area contributed by atoms with Gasteiger partial charge in [0.25, 0.3) is 0 Å². The molecule has 0 unspecified atom stereocenters. The number of hydrogen-bond donors (Lipinski definition) is 0. The molecule has 0 aliphatic rings. The van der Waals surface area contributed by atoms with E-state index in [2.05, 4.69) is 154 Å².